The van der Waals surface area contributed by atoms with Crippen LogP contribution in [0.3, 0.4) is 0 Å². The first-order valence-electron chi connectivity index (χ1n) is 10.8. The van der Waals surface area contributed by atoms with E-state index in [2.05, 4.69) is 18.3 Å². The molecule has 0 saturated carbocycles. The van der Waals surface area contributed by atoms with E-state index in [1.54, 1.807) is 4.90 Å². The van der Waals surface area contributed by atoms with Crippen LogP contribution in [0, 0.1) is 5.92 Å². The zero-order chi connectivity index (χ0) is 21.5. The van der Waals surface area contributed by atoms with Crippen molar-refractivity contribution in [3.05, 3.63) is 65.2 Å². The number of ether oxygens (including phenoxy) is 1. The fourth-order valence-electron chi connectivity index (χ4n) is 3.76. The summed E-state index contributed by atoms with van der Waals surface area (Å²) in [4.78, 5) is 27.7. The quantitative estimate of drug-likeness (QED) is 0.716. The molecule has 5 nitrogen and oxygen atoms in total. The number of nitrogens with one attached hydrogen (secondary N) is 1. The first-order valence-corrected chi connectivity index (χ1v) is 10.8. The van der Waals surface area contributed by atoms with Crippen molar-refractivity contribution in [3.63, 3.8) is 0 Å². The van der Waals surface area contributed by atoms with E-state index in [0.29, 0.717) is 32.5 Å². The molecule has 3 rings (SSSR count). The molecule has 2 aromatic carbocycles. The Bertz CT molecular complexity index is 878. The lowest BCUT2D eigenvalue weighted by molar-refractivity contribution is -0.142. The second-order valence-electron chi connectivity index (χ2n) is 8.32. The third-order valence-corrected chi connectivity index (χ3v) is 5.29. The molecule has 0 radical (unpaired) electrons. The van der Waals surface area contributed by atoms with Crippen LogP contribution >= 0.6 is 0 Å². The maximum absolute atomic E-state index is 13.1. The molecule has 1 unspecified atom stereocenters. The Morgan fingerprint density at radius 1 is 1.13 bits per heavy atom. The number of carbonyl (C=O) groups excluding carboxylic acids is 2. The summed E-state index contributed by atoms with van der Waals surface area (Å²) in [5.41, 5.74) is 3.24. The van der Waals surface area contributed by atoms with Gasteiger partial charge in [-0.2, -0.15) is 0 Å². The van der Waals surface area contributed by atoms with Gasteiger partial charge in [0.1, 0.15) is 11.8 Å². The SMILES string of the molecule is CCCOc1cccc(CNC(=O)C2Cc3ccccc3CN2C(=O)CC(C)C)c1. The molecule has 0 aliphatic carbocycles. The summed E-state index contributed by atoms with van der Waals surface area (Å²) in [6, 6.07) is 15.4. The van der Waals surface area contributed by atoms with E-state index in [1.165, 1.54) is 0 Å². The maximum atomic E-state index is 13.1. The summed E-state index contributed by atoms with van der Waals surface area (Å²) in [6.07, 6.45) is 1.94. The predicted octanol–water partition coefficient (Wildman–Crippen LogP) is 4.09. The summed E-state index contributed by atoms with van der Waals surface area (Å²) in [5, 5.41) is 3.03. The van der Waals surface area contributed by atoms with Crippen LogP contribution in [0.15, 0.2) is 48.5 Å². The number of amides is 2. The van der Waals surface area contributed by atoms with Crippen LogP contribution in [0.1, 0.15) is 50.3 Å². The average Bonchev–Trinajstić information content (AvgIpc) is 2.75. The fourth-order valence-corrected chi connectivity index (χ4v) is 3.76. The van der Waals surface area contributed by atoms with E-state index >= 15 is 0 Å². The molecule has 0 spiro atoms. The normalized spacial score (nSPS) is 15.6. The van der Waals surface area contributed by atoms with Crippen molar-refractivity contribution in [3.8, 4) is 5.75 Å². The zero-order valence-electron chi connectivity index (χ0n) is 18.2. The molecule has 1 heterocycles. The standard InChI is InChI=1S/C25H32N2O3/c1-4-12-30-22-11-7-8-19(14-22)16-26-25(29)23-15-20-9-5-6-10-21(20)17-27(23)24(28)13-18(2)3/h5-11,14,18,23H,4,12-13,15-17H2,1-3H3,(H,26,29). The lowest BCUT2D eigenvalue weighted by Gasteiger charge is -2.36. The molecule has 0 saturated heterocycles. The molecular formula is C25H32N2O3. The van der Waals surface area contributed by atoms with Gasteiger partial charge in [0.2, 0.25) is 11.8 Å². The van der Waals surface area contributed by atoms with Gasteiger partial charge < -0.3 is 15.0 Å². The molecule has 0 fully saturated rings. The van der Waals surface area contributed by atoms with Gasteiger partial charge in [0.15, 0.2) is 0 Å². The van der Waals surface area contributed by atoms with E-state index in [-0.39, 0.29) is 17.7 Å². The van der Waals surface area contributed by atoms with E-state index < -0.39 is 6.04 Å². The summed E-state index contributed by atoms with van der Waals surface area (Å²) in [6.45, 7) is 7.69. The van der Waals surface area contributed by atoms with Gasteiger partial charge in [-0.25, -0.2) is 0 Å². The van der Waals surface area contributed by atoms with Crippen LogP contribution in [0.25, 0.3) is 0 Å². The molecule has 2 amide bonds. The highest BCUT2D eigenvalue weighted by Crippen LogP contribution is 2.25. The number of carbonyl (C=O) groups is 2. The minimum absolute atomic E-state index is 0.0367. The molecule has 30 heavy (non-hydrogen) atoms. The van der Waals surface area contributed by atoms with Gasteiger partial charge in [0, 0.05) is 25.9 Å². The summed E-state index contributed by atoms with van der Waals surface area (Å²) in [5.74, 6) is 0.990. The Hall–Kier alpha value is -2.82. The van der Waals surface area contributed by atoms with Gasteiger partial charge in [-0.1, -0.05) is 57.2 Å². The number of rotatable bonds is 8. The molecule has 0 bridgehead atoms. The van der Waals surface area contributed by atoms with Crippen molar-refractivity contribution in [2.75, 3.05) is 6.61 Å². The van der Waals surface area contributed by atoms with Crippen molar-refractivity contribution >= 4 is 11.8 Å². The van der Waals surface area contributed by atoms with Crippen LogP contribution in [-0.2, 0) is 29.1 Å². The van der Waals surface area contributed by atoms with Crippen molar-refractivity contribution in [1.29, 1.82) is 0 Å². The van der Waals surface area contributed by atoms with E-state index in [1.807, 2.05) is 56.3 Å². The molecule has 5 heteroatoms. The predicted molar refractivity (Wildman–Crippen MR) is 118 cm³/mol. The minimum Gasteiger partial charge on any atom is -0.494 e. The van der Waals surface area contributed by atoms with E-state index in [0.717, 1.165) is 28.9 Å². The number of benzene rings is 2. The molecule has 1 aliphatic heterocycles. The highest BCUT2D eigenvalue weighted by molar-refractivity contribution is 5.88. The van der Waals surface area contributed by atoms with Gasteiger partial charge in [-0.15, -0.1) is 0 Å². The largest absolute Gasteiger partial charge is 0.494 e. The van der Waals surface area contributed by atoms with Crippen molar-refractivity contribution in [1.82, 2.24) is 10.2 Å². The Balaban J connectivity index is 1.71. The van der Waals surface area contributed by atoms with E-state index in [4.69, 9.17) is 4.74 Å². The highest BCUT2D eigenvalue weighted by Gasteiger charge is 2.34. The number of nitrogens with zero attached hydrogens (tertiary/aromatic N) is 1. The highest BCUT2D eigenvalue weighted by atomic mass is 16.5. The molecule has 160 valence electrons. The van der Waals surface area contributed by atoms with Crippen LogP contribution in [-0.4, -0.2) is 29.4 Å². The second kappa shape index (κ2) is 10.3. The Kier molecular flexibility index (Phi) is 7.50. The van der Waals surface area contributed by atoms with Gasteiger partial charge in [0.05, 0.1) is 6.61 Å². The van der Waals surface area contributed by atoms with Crippen LogP contribution in [0.2, 0.25) is 0 Å². The first kappa shape index (κ1) is 21.9. The Labute approximate surface area is 179 Å². The van der Waals surface area contributed by atoms with Crippen LogP contribution < -0.4 is 10.1 Å². The molecular weight excluding hydrogens is 376 g/mol. The van der Waals surface area contributed by atoms with Crippen LogP contribution in [0.5, 0.6) is 5.75 Å². The van der Waals surface area contributed by atoms with Crippen LogP contribution in [0.4, 0.5) is 0 Å². The maximum Gasteiger partial charge on any atom is 0.243 e. The Morgan fingerprint density at radius 2 is 1.90 bits per heavy atom. The summed E-state index contributed by atoms with van der Waals surface area (Å²) in [7, 11) is 0. The second-order valence-corrected chi connectivity index (χ2v) is 8.32. The van der Waals surface area contributed by atoms with Crippen molar-refractivity contribution in [2.24, 2.45) is 5.92 Å². The Morgan fingerprint density at radius 3 is 2.63 bits per heavy atom. The smallest absolute Gasteiger partial charge is 0.243 e. The lowest BCUT2D eigenvalue weighted by Crippen LogP contribution is -2.52. The van der Waals surface area contributed by atoms with Gasteiger partial charge in [-0.3, -0.25) is 9.59 Å². The fraction of sp³-hybridized carbons (Fsp3) is 0.440. The van der Waals surface area contributed by atoms with Crippen molar-refractivity contribution in [2.45, 2.75) is 59.2 Å². The van der Waals surface area contributed by atoms with Crippen molar-refractivity contribution < 1.29 is 14.3 Å². The topological polar surface area (TPSA) is 58.6 Å². The van der Waals surface area contributed by atoms with E-state index in [9.17, 15) is 9.59 Å². The third-order valence-electron chi connectivity index (χ3n) is 5.29. The van der Waals surface area contributed by atoms with Gasteiger partial charge >= 0.3 is 0 Å². The first-order chi connectivity index (χ1) is 14.5. The summed E-state index contributed by atoms with van der Waals surface area (Å²) < 4.78 is 5.68. The van der Waals surface area contributed by atoms with Gasteiger partial charge in [0.25, 0.3) is 0 Å². The third kappa shape index (κ3) is 5.62. The number of hydrogen-bond acceptors (Lipinski definition) is 3. The molecule has 1 aliphatic rings. The van der Waals surface area contributed by atoms with Gasteiger partial charge in [-0.05, 0) is 41.2 Å². The summed E-state index contributed by atoms with van der Waals surface area (Å²) >= 11 is 0. The molecule has 0 aromatic heterocycles. The zero-order valence-corrected chi connectivity index (χ0v) is 18.2. The molecule has 1 N–H and O–H groups in total. The molecule has 2 aromatic rings. The minimum atomic E-state index is -0.481. The number of fused-ring (bicyclic) bond motifs is 1. The monoisotopic (exact) mass is 408 g/mol. The molecule has 1 atom stereocenters. The average molecular weight is 409 g/mol. The number of hydrogen-bond donors (Lipinski definition) is 1. The lowest BCUT2D eigenvalue weighted by atomic mass is 9.92.